The molecule has 0 radical (unpaired) electrons. The zero-order chi connectivity index (χ0) is 23.0. The molecule has 0 bridgehead atoms. The molecule has 10 heteroatoms. The first-order chi connectivity index (χ1) is 15.2. The highest BCUT2D eigenvalue weighted by atomic mass is 35.5. The summed E-state index contributed by atoms with van der Waals surface area (Å²) in [5, 5.41) is 7.62. The van der Waals surface area contributed by atoms with Crippen molar-refractivity contribution in [1.82, 2.24) is 15.1 Å². The van der Waals surface area contributed by atoms with E-state index >= 15 is 0 Å². The standard InChI is InChI=1S/C22H21ClN4O4S/c1-26-20-18(25-21(28)16-8-3-4-9-17(16)23)10-11-27(19(20)13-24-26)22(29)14-6-5-7-15(12-14)32(2,30)31/h3-9,12-13,18H,10-11H2,1-2H3,(H,25,28). The summed E-state index contributed by atoms with van der Waals surface area (Å²) in [5.41, 5.74) is 1.89. The van der Waals surface area contributed by atoms with Crippen LogP contribution in [0.2, 0.25) is 5.02 Å². The van der Waals surface area contributed by atoms with Gasteiger partial charge in [0.1, 0.15) is 0 Å². The lowest BCUT2D eigenvalue weighted by atomic mass is 10.0. The molecule has 1 aliphatic rings. The van der Waals surface area contributed by atoms with E-state index in [0.29, 0.717) is 34.9 Å². The lowest BCUT2D eigenvalue weighted by molar-refractivity contribution is 0.0931. The third-order valence-corrected chi connectivity index (χ3v) is 6.84. The third-order valence-electron chi connectivity index (χ3n) is 5.40. The Labute approximate surface area is 190 Å². The summed E-state index contributed by atoms with van der Waals surface area (Å²) < 4.78 is 25.4. The van der Waals surface area contributed by atoms with E-state index < -0.39 is 9.84 Å². The van der Waals surface area contributed by atoms with Gasteiger partial charge in [-0.2, -0.15) is 5.10 Å². The summed E-state index contributed by atoms with van der Waals surface area (Å²) in [5.74, 6) is -0.644. The second kappa shape index (κ2) is 8.40. The molecular formula is C22H21ClN4O4S. The summed E-state index contributed by atoms with van der Waals surface area (Å²) in [4.78, 5) is 27.7. The maximum atomic E-state index is 13.2. The first kappa shape index (κ1) is 22.0. The van der Waals surface area contributed by atoms with Crippen LogP contribution in [-0.2, 0) is 16.9 Å². The molecule has 2 amide bonds. The number of fused-ring (bicyclic) bond motifs is 1. The Bertz CT molecular complexity index is 1320. The molecule has 32 heavy (non-hydrogen) atoms. The number of carbonyl (C=O) groups excluding carboxylic acids is 2. The third kappa shape index (κ3) is 4.13. The molecule has 2 aromatic carbocycles. The Kier molecular flexibility index (Phi) is 5.79. The monoisotopic (exact) mass is 472 g/mol. The number of sulfone groups is 1. The van der Waals surface area contributed by atoms with Gasteiger partial charge in [-0.1, -0.05) is 29.8 Å². The van der Waals surface area contributed by atoms with E-state index in [1.54, 1.807) is 59.2 Å². The zero-order valence-corrected chi connectivity index (χ0v) is 19.0. The molecule has 0 saturated heterocycles. The Morgan fingerprint density at radius 3 is 2.62 bits per heavy atom. The van der Waals surface area contributed by atoms with Gasteiger partial charge in [0.15, 0.2) is 9.84 Å². The average Bonchev–Trinajstić information content (AvgIpc) is 3.15. The second-order valence-corrected chi connectivity index (χ2v) is 10.0. The van der Waals surface area contributed by atoms with Crippen molar-refractivity contribution in [3.05, 3.63) is 76.6 Å². The second-order valence-electron chi connectivity index (χ2n) is 7.59. The minimum Gasteiger partial charge on any atom is -0.343 e. The number of aromatic nitrogens is 2. The molecule has 8 nitrogen and oxygen atoms in total. The minimum absolute atomic E-state index is 0.0802. The number of anilines is 1. The van der Waals surface area contributed by atoms with Gasteiger partial charge in [0.25, 0.3) is 11.8 Å². The smallest absolute Gasteiger partial charge is 0.258 e. The molecule has 0 saturated carbocycles. The number of carbonyl (C=O) groups is 2. The fourth-order valence-electron chi connectivity index (χ4n) is 3.81. The number of hydrogen-bond acceptors (Lipinski definition) is 5. The van der Waals surface area contributed by atoms with Crippen LogP contribution in [0, 0.1) is 0 Å². The van der Waals surface area contributed by atoms with E-state index in [1.165, 1.54) is 12.1 Å². The highest BCUT2D eigenvalue weighted by molar-refractivity contribution is 7.90. The van der Waals surface area contributed by atoms with Gasteiger partial charge < -0.3 is 10.2 Å². The number of rotatable bonds is 4. The van der Waals surface area contributed by atoms with E-state index in [4.69, 9.17) is 11.6 Å². The molecule has 4 rings (SSSR count). The predicted octanol–water partition coefficient (Wildman–Crippen LogP) is 3.00. The van der Waals surface area contributed by atoms with E-state index in [0.717, 1.165) is 6.26 Å². The zero-order valence-electron chi connectivity index (χ0n) is 17.4. The fourth-order valence-corrected chi connectivity index (χ4v) is 4.70. The Morgan fingerprint density at radius 1 is 1.16 bits per heavy atom. The molecule has 0 aliphatic carbocycles. The van der Waals surface area contributed by atoms with Gasteiger partial charge in [-0.3, -0.25) is 14.3 Å². The van der Waals surface area contributed by atoms with Crippen LogP contribution in [0.1, 0.15) is 38.9 Å². The van der Waals surface area contributed by atoms with Crippen LogP contribution < -0.4 is 10.2 Å². The van der Waals surface area contributed by atoms with E-state index in [-0.39, 0.29) is 28.3 Å². The molecule has 1 unspecified atom stereocenters. The van der Waals surface area contributed by atoms with Crippen molar-refractivity contribution in [2.75, 3.05) is 17.7 Å². The van der Waals surface area contributed by atoms with E-state index in [9.17, 15) is 18.0 Å². The predicted molar refractivity (Wildman–Crippen MR) is 121 cm³/mol. The number of aryl methyl sites for hydroxylation is 1. The number of nitrogens with one attached hydrogen (secondary N) is 1. The van der Waals surface area contributed by atoms with Crippen molar-refractivity contribution in [3.63, 3.8) is 0 Å². The van der Waals surface area contributed by atoms with Crippen molar-refractivity contribution in [3.8, 4) is 0 Å². The molecule has 1 N–H and O–H groups in total. The molecule has 0 spiro atoms. The van der Waals surface area contributed by atoms with Gasteiger partial charge in [0.05, 0.1) is 39.1 Å². The van der Waals surface area contributed by atoms with Crippen LogP contribution in [0.3, 0.4) is 0 Å². The number of halogens is 1. The van der Waals surface area contributed by atoms with Gasteiger partial charge in [-0.25, -0.2) is 8.42 Å². The van der Waals surface area contributed by atoms with Crippen LogP contribution in [0.15, 0.2) is 59.6 Å². The molecule has 1 atom stereocenters. The molecule has 3 aromatic rings. The van der Waals surface area contributed by atoms with Crippen LogP contribution in [0.25, 0.3) is 0 Å². The largest absolute Gasteiger partial charge is 0.343 e. The highest BCUT2D eigenvalue weighted by Gasteiger charge is 2.33. The van der Waals surface area contributed by atoms with E-state index in [2.05, 4.69) is 10.4 Å². The normalized spacial score (nSPS) is 15.8. The number of hydrogen-bond donors (Lipinski definition) is 1. The van der Waals surface area contributed by atoms with E-state index in [1.807, 2.05) is 0 Å². The van der Waals surface area contributed by atoms with Crippen LogP contribution in [0.4, 0.5) is 5.69 Å². The molecule has 1 aliphatic heterocycles. The van der Waals surface area contributed by atoms with Gasteiger partial charge in [-0.05, 0) is 36.8 Å². The van der Waals surface area contributed by atoms with Gasteiger partial charge >= 0.3 is 0 Å². The number of nitrogens with zero attached hydrogens (tertiary/aromatic N) is 3. The van der Waals surface area contributed by atoms with Gasteiger partial charge in [-0.15, -0.1) is 0 Å². The molecule has 0 fully saturated rings. The Hall–Kier alpha value is -3.17. The Balaban J connectivity index is 1.63. The molecule has 2 heterocycles. The first-order valence-electron chi connectivity index (χ1n) is 9.86. The summed E-state index contributed by atoms with van der Waals surface area (Å²) in [6.45, 7) is 0.327. The lowest BCUT2D eigenvalue weighted by Gasteiger charge is -2.32. The maximum absolute atomic E-state index is 13.2. The molecular weight excluding hydrogens is 452 g/mol. The summed E-state index contributed by atoms with van der Waals surface area (Å²) in [6, 6.07) is 12.4. The van der Waals surface area contributed by atoms with Crippen molar-refractivity contribution in [2.45, 2.75) is 17.4 Å². The van der Waals surface area contributed by atoms with Crippen molar-refractivity contribution >= 4 is 38.9 Å². The SMILES string of the molecule is Cn1ncc2c1C(NC(=O)c1ccccc1Cl)CCN2C(=O)c1cccc(S(C)(=O)=O)c1. The number of benzene rings is 2. The maximum Gasteiger partial charge on any atom is 0.258 e. The molecule has 166 valence electrons. The summed E-state index contributed by atoms with van der Waals surface area (Å²) >= 11 is 6.15. The number of amides is 2. The Morgan fingerprint density at radius 2 is 1.91 bits per heavy atom. The topological polar surface area (TPSA) is 101 Å². The summed E-state index contributed by atoms with van der Waals surface area (Å²) in [6.07, 6.45) is 3.13. The van der Waals surface area contributed by atoms with Gasteiger partial charge in [0.2, 0.25) is 0 Å². The average molecular weight is 473 g/mol. The van der Waals surface area contributed by atoms with Crippen LogP contribution in [0.5, 0.6) is 0 Å². The van der Waals surface area contributed by atoms with Crippen LogP contribution in [-0.4, -0.2) is 42.8 Å². The first-order valence-corrected chi connectivity index (χ1v) is 12.1. The minimum atomic E-state index is -3.44. The van der Waals surface area contributed by atoms with Crippen molar-refractivity contribution in [1.29, 1.82) is 0 Å². The summed E-state index contributed by atoms with van der Waals surface area (Å²) in [7, 11) is -1.70. The quantitative estimate of drug-likeness (QED) is 0.629. The van der Waals surface area contributed by atoms with Crippen molar-refractivity contribution in [2.24, 2.45) is 7.05 Å². The van der Waals surface area contributed by atoms with Crippen molar-refractivity contribution < 1.29 is 18.0 Å². The fraction of sp³-hybridized carbons (Fsp3) is 0.227. The lowest BCUT2D eigenvalue weighted by Crippen LogP contribution is -2.41. The van der Waals surface area contributed by atoms with Crippen LogP contribution >= 0.6 is 11.6 Å². The highest BCUT2D eigenvalue weighted by Crippen LogP contribution is 2.35. The molecule has 1 aromatic heterocycles. The van der Waals surface area contributed by atoms with Gasteiger partial charge in [0, 0.05) is 25.4 Å².